The van der Waals surface area contributed by atoms with Crippen molar-refractivity contribution in [1.82, 2.24) is 20.2 Å². The van der Waals surface area contributed by atoms with E-state index in [4.69, 9.17) is 14.2 Å². The van der Waals surface area contributed by atoms with Crippen molar-refractivity contribution >= 4 is 17.8 Å². The van der Waals surface area contributed by atoms with E-state index in [0.29, 0.717) is 6.54 Å². The van der Waals surface area contributed by atoms with E-state index in [-0.39, 0.29) is 30.6 Å². The van der Waals surface area contributed by atoms with Crippen LogP contribution in [0.25, 0.3) is 11.1 Å². The lowest BCUT2D eigenvalue weighted by molar-refractivity contribution is -0.276. The summed E-state index contributed by atoms with van der Waals surface area (Å²) in [7, 11) is 0. The summed E-state index contributed by atoms with van der Waals surface area (Å²) in [4.78, 5) is 37.0. The Hall–Kier alpha value is -4.68. The molecule has 11 heteroatoms. The highest BCUT2D eigenvalue weighted by molar-refractivity contribution is 5.82. The number of rotatable bonds is 11. The zero-order valence-electron chi connectivity index (χ0n) is 28.8. The number of piperazine rings is 1. The molecule has 1 amide bonds. The lowest BCUT2D eigenvalue weighted by atomic mass is 9.89. The van der Waals surface area contributed by atoms with E-state index in [0.717, 1.165) is 72.1 Å². The fraction of sp³-hybridized carbons (Fsp3) is 0.385. The first-order valence-electron chi connectivity index (χ1n) is 17.2. The summed E-state index contributed by atoms with van der Waals surface area (Å²) in [6.45, 7) is 9.57. The van der Waals surface area contributed by atoms with Gasteiger partial charge in [0.05, 0.1) is 18.8 Å². The Morgan fingerprint density at radius 2 is 1.60 bits per heavy atom. The van der Waals surface area contributed by atoms with E-state index in [1.54, 1.807) is 19.3 Å². The molecule has 0 bridgehead atoms. The van der Waals surface area contributed by atoms with Crippen LogP contribution in [0.5, 0.6) is 0 Å². The van der Waals surface area contributed by atoms with E-state index in [9.17, 15) is 14.7 Å². The van der Waals surface area contributed by atoms with Crippen molar-refractivity contribution in [2.24, 2.45) is 5.92 Å². The van der Waals surface area contributed by atoms with Crippen LogP contribution >= 0.6 is 0 Å². The highest BCUT2D eigenvalue weighted by atomic mass is 16.7. The van der Waals surface area contributed by atoms with Gasteiger partial charge in [-0.2, -0.15) is 0 Å². The number of aliphatic hydroxyl groups excluding tert-OH is 1. The van der Waals surface area contributed by atoms with Crippen molar-refractivity contribution in [1.29, 1.82) is 0 Å². The van der Waals surface area contributed by atoms with Gasteiger partial charge in [0.15, 0.2) is 12.4 Å². The molecule has 6 rings (SSSR count). The van der Waals surface area contributed by atoms with Gasteiger partial charge in [-0.1, -0.05) is 73.7 Å². The van der Waals surface area contributed by atoms with Gasteiger partial charge >= 0.3 is 5.97 Å². The SMILES string of the molecule is CC(=O)O[C@@H](C)C(=O)NCc1cccc(-c2ccc([C@@H]3O[C@H](CN4CCN(c5ncccn5)CC4)[C@H](C)[C@H](c4ccc(CO)cc4)O3)cc2)c1. The van der Waals surface area contributed by atoms with Crippen LogP contribution in [-0.4, -0.2) is 76.8 Å². The molecular weight excluding hydrogens is 634 g/mol. The molecule has 4 aromatic rings. The molecule has 0 aliphatic carbocycles. The van der Waals surface area contributed by atoms with Gasteiger partial charge in [0, 0.05) is 70.1 Å². The molecular formula is C39H45N5O6. The minimum atomic E-state index is -0.852. The van der Waals surface area contributed by atoms with Gasteiger partial charge in [-0.05, 0) is 46.9 Å². The number of amides is 1. The smallest absolute Gasteiger partial charge is 0.303 e. The van der Waals surface area contributed by atoms with Crippen molar-refractivity contribution in [3.8, 4) is 11.1 Å². The van der Waals surface area contributed by atoms with Crippen LogP contribution < -0.4 is 10.2 Å². The van der Waals surface area contributed by atoms with E-state index >= 15 is 0 Å². The maximum absolute atomic E-state index is 12.3. The summed E-state index contributed by atoms with van der Waals surface area (Å²) in [6.07, 6.45) is 1.87. The quantitative estimate of drug-likeness (QED) is 0.213. The van der Waals surface area contributed by atoms with Crippen LogP contribution in [0.3, 0.4) is 0 Å². The number of carbonyl (C=O) groups excluding carboxylic acids is 2. The van der Waals surface area contributed by atoms with Gasteiger partial charge in [-0.3, -0.25) is 14.5 Å². The molecule has 50 heavy (non-hydrogen) atoms. The maximum atomic E-state index is 12.3. The lowest BCUT2D eigenvalue weighted by Crippen LogP contribution is -2.51. The predicted octanol–water partition coefficient (Wildman–Crippen LogP) is 4.82. The molecule has 2 aliphatic heterocycles. The summed E-state index contributed by atoms with van der Waals surface area (Å²) in [5.74, 6) is 0.0120. The van der Waals surface area contributed by atoms with Crippen LogP contribution in [0.15, 0.2) is 91.3 Å². The van der Waals surface area contributed by atoms with Crippen LogP contribution in [-0.2, 0) is 37.0 Å². The van der Waals surface area contributed by atoms with Gasteiger partial charge in [0.25, 0.3) is 5.91 Å². The van der Waals surface area contributed by atoms with Crippen LogP contribution in [0.4, 0.5) is 5.95 Å². The van der Waals surface area contributed by atoms with Crippen molar-refractivity contribution in [3.63, 3.8) is 0 Å². The van der Waals surface area contributed by atoms with Crippen LogP contribution in [0.1, 0.15) is 55.4 Å². The number of hydrogen-bond donors (Lipinski definition) is 2. The number of aliphatic hydroxyl groups is 1. The highest BCUT2D eigenvalue weighted by Gasteiger charge is 2.39. The van der Waals surface area contributed by atoms with Gasteiger partial charge in [-0.15, -0.1) is 0 Å². The minimum Gasteiger partial charge on any atom is -0.453 e. The largest absolute Gasteiger partial charge is 0.453 e. The first-order chi connectivity index (χ1) is 24.3. The molecule has 1 aromatic heterocycles. The number of esters is 1. The Morgan fingerprint density at radius 1 is 0.900 bits per heavy atom. The number of nitrogens with one attached hydrogen (secondary N) is 1. The summed E-state index contributed by atoms with van der Waals surface area (Å²) in [5.41, 5.74) is 5.80. The van der Waals surface area contributed by atoms with Crippen LogP contribution in [0.2, 0.25) is 0 Å². The molecule has 262 valence electrons. The Kier molecular flexibility index (Phi) is 11.5. The van der Waals surface area contributed by atoms with Crippen molar-refractivity contribution in [2.75, 3.05) is 37.6 Å². The third kappa shape index (κ3) is 8.72. The van der Waals surface area contributed by atoms with E-state index in [1.165, 1.54) is 6.92 Å². The van der Waals surface area contributed by atoms with Gasteiger partial charge in [0.1, 0.15) is 0 Å². The number of aromatic nitrogens is 2. The second-order valence-electron chi connectivity index (χ2n) is 13.0. The van der Waals surface area contributed by atoms with E-state index in [1.807, 2.05) is 66.7 Å². The maximum Gasteiger partial charge on any atom is 0.303 e. The average Bonchev–Trinajstić information content (AvgIpc) is 3.15. The standard InChI is InChI=1S/C39H45N5O6/c1-26-35(24-43-18-20-44(21-19-43)39-40-16-5-17-41-39)49-38(50-36(26)32-10-8-29(25-45)9-11-32)33-14-12-31(13-15-33)34-7-4-6-30(22-34)23-42-37(47)27(2)48-28(3)46/h4-17,22,26-27,35-36,38,45H,18-21,23-25H2,1-3H3,(H,42,47)/t26-,27-,35+,36+,38+/m0/s1. The molecule has 2 aliphatic rings. The molecule has 0 unspecified atom stereocenters. The molecule has 2 fully saturated rings. The Labute approximate surface area is 293 Å². The molecule has 3 heterocycles. The summed E-state index contributed by atoms with van der Waals surface area (Å²) < 4.78 is 18.4. The molecule has 5 atom stereocenters. The minimum absolute atomic E-state index is 0.00506. The fourth-order valence-electron chi connectivity index (χ4n) is 6.50. The normalized spacial score (nSPS) is 21.7. The number of nitrogens with zero attached hydrogens (tertiary/aromatic N) is 4. The topological polar surface area (TPSA) is 126 Å². The number of benzene rings is 3. The van der Waals surface area contributed by atoms with Crippen molar-refractivity contribution < 1.29 is 28.9 Å². The van der Waals surface area contributed by atoms with E-state index < -0.39 is 18.4 Å². The second-order valence-corrected chi connectivity index (χ2v) is 13.0. The molecule has 0 radical (unpaired) electrons. The third-order valence-electron chi connectivity index (χ3n) is 9.39. The fourth-order valence-corrected chi connectivity index (χ4v) is 6.50. The van der Waals surface area contributed by atoms with Gasteiger partial charge in [0.2, 0.25) is 5.95 Å². The zero-order chi connectivity index (χ0) is 35.0. The second kappa shape index (κ2) is 16.4. The Bertz CT molecular complexity index is 1710. The van der Waals surface area contributed by atoms with Gasteiger partial charge < -0.3 is 29.5 Å². The summed E-state index contributed by atoms with van der Waals surface area (Å²) in [5, 5.41) is 12.4. The number of carbonyl (C=O) groups is 2. The molecule has 0 saturated carbocycles. The molecule has 2 N–H and O–H groups in total. The van der Waals surface area contributed by atoms with Crippen molar-refractivity contribution in [2.45, 2.75) is 58.5 Å². The third-order valence-corrected chi connectivity index (χ3v) is 9.39. The number of anilines is 1. The average molecular weight is 680 g/mol. The molecule has 2 saturated heterocycles. The van der Waals surface area contributed by atoms with Gasteiger partial charge in [-0.25, -0.2) is 9.97 Å². The molecule has 0 spiro atoms. The Balaban J connectivity index is 1.15. The molecule has 11 nitrogen and oxygen atoms in total. The van der Waals surface area contributed by atoms with Crippen LogP contribution in [0, 0.1) is 5.92 Å². The number of ether oxygens (including phenoxy) is 3. The molecule has 3 aromatic carbocycles. The number of hydrogen-bond acceptors (Lipinski definition) is 10. The monoisotopic (exact) mass is 679 g/mol. The van der Waals surface area contributed by atoms with E-state index in [2.05, 4.69) is 44.1 Å². The summed E-state index contributed by atoms with van der Waals surface area (Å²) >= 11 is 0. The Morgan fingerprint density at radius 3 is 2.28 bits per heavy atom. The first kappa shape index (κ1) is 35.2. The first-order valence-corrected chi connectivity index (χ1v) is 17.2. The zero-order valence-corrected chi connectivity index (χ0v) is 28.8. The van der Waals surface area contributed by atoms with Crippen molar-refractivity contribution in [3.05, 3.63) is 114 Å². The lowest BCUT2D eigenvalue weighted by Gasteiger charge is -2.44. The summed E-state index contributed by atoms with van der Waals surface area (Å²) in [6, 6.07) is 26.0. The highest BCUT2D eigenvalue weighted by Crippen LogP contribution is 2.42. The predicted molar refractivity (Wildman–Crippen MR) is 189 cm³/mol.